The number of methoxy groups -OCH3 is 3. The van der Waals surface area contributed by atoms with Crippen LogP contribution >= 0.6 is 0 Å². The Hall–Kier alpha value is -3.36. The van der Waals surface area contributed by atoms with Crippen LogP contribution in [0.1, 0.15) is 45.9 Å². The second kappa shape index (κ2) is 12.6. The second-order valence-corrected chi connectivity index (χ2v) is 9.18. The van der Waals surface area contributed by atoms with Crippen LogP contribution in [0.25, 0.3) is 0 Å². The number of hydrogen-bond acceptors (Lipinski definition) is 6. The predicted molar refractivity (Wildman–Crippen MR) is 140 cm³/mol. The van der Waals surface area contributed by atoms with Crippen LogP contribution in [-0.4, -0.2) is 68.6 Å². The number of hydrogen-bond donors (Lipinski definition) is 2. The van der Waals surface area contributed by atoms with Gasteiger partial charge < -0.3 is 24.4 Å². The Kier molecular flexibility index (Phi) is 8.97. The molecule has 2 N–H and O–H groups in total. The molecule has 4 rings (SSSR count). The Morgan fingerprint density at radius 2 is 1.69 bits per heavy atom. The summed E-state index contributed by atoms with van der Waals surface area (Å²) in [6.45, 7) is 3.95. The normalized spacial score (nSPS) is 14.5. The number of aromatic amines is 1. The lowest BCUT2D eigenvalue weighted by atomic mass is 9.89. The van der Waals surface area contributed by atoms with Gasteiger partial charge in [-0.2, -0.15) is 5.10 Å². The van der Waals surface area contributed by atoms with E-state index in [1.54, 1.807) is 21.3 Å². The molecule has 0 aliphatic carbocycles. The van der Waals surface area contributed by atoms with E-state index < -0.39 is 0 Å². The van der Waals surface area contributed by atoms with Crippen molar-refractivity contribution >= 4 is 11.7 Å². The molecule has 0 saturated carbocycles. The number of H-pyrrole nitrogens is 1. The zero-order valence-electron chi connectivity index (χ0n) is 21.4. The van der Waals surface area contributed by atoms with E-state index in [9.17, 15) is 4.79 Å². The number of nitrogens with one attached hydrogen (secondary N) is 2. The fourth-order valence-corrected chi connectivity index (χ4v) is 4.65. The lowest BCUT2D eigenvalue weighted by Gasteiger charge is -2.32. The van der Waals surface area contributed by atoms with E-state index in [0.29, 0.717) is 17.3 Å². The molecule has 2 heterocycles. The number of carbonyl (C=O) groups is 1. The van der Waals surface area contributed by atoms with Crippen LogP contribution in [0.3, 0.4) is 0 Å². The van der Waals surface area contributed by atoms with Crippen molar-refractivity contribution in [3.8, 4) is 11.5 Å². The molecule has 8 heteroatoms. The standard InChI is InChI=1S/C28H36N4O4/c1-34-15-14-32-12-10-22(11-13-32)21-5-7-23(8-6-21)28(33)29-27-18-24(30-31-27)9-4-20-16-25(35-2)19-26(17-20)36-3/h5-8,16-19,22H,4,9-15H2,1-3H3,(H2,29,30,31,33). The molecule has 1 fully saturated rings. The summed E-state index contributed by atoms with van der Waals surface area (Å²) in [5.41, 5.74) is 3.98. The van der Waals surface area contributed by atoms with E-state index in [2.05, 4.69) is 32.5 Å². The quantitative estimate of drug-likeness (QED) is 0.415. The number of carbonyl (C=O) groups excluding carboxylic acids is 1. The number of ether oxygens (including phenoxy) is 3. The Morgan fingerprint density at radius 1 is 1.00 bits per heavy atom. The smallest absolute Gasteiger partial charge is 0.256 e. The summed E-state index contributed by atoms with van der Waals surface area (Å²) >= 11 is 0. The zero-order chi connectivity index (χ0) is 25.3. The number of likely N-dealkylation sites (tertiary alicyclic amines) is 1. The highest BCUT2D eigenvalue weighted by molar-refractivity contribution is 6.03. The van der Waals surface area contributed by atoms with Crippen molar-refractivity contribution in [2.75, 3.05) is 52.9 Å². The Balaban J connectivity index is 1.28. The van der Waals surface area contributed by atoms with Crippen molar-refractivity contribution in [1.82, 2.24) is 15.1 Å². The monoisotopic (exact) mass is 492 g/mol. The highest BCUT2D eigenvalue weighted by atomic mass is 16.5. The number of piperidine rings is 1. The molecular formula is C28H36N4O4. The van der Waals surface area contributed by atoms with Crippen LogP contribution in [0.15, 0.2) is 48.5 Å². The molecule has 0 spiro atoms. The van der Waals surface area contributed by atoms with Gasteiger partial charge in [-0.3, -0.25) is 9.89 Å². The largest absolute Gasteiger partial charge is 0.497 e. The molecule has 36 heavy (non-hydrogen) atoms. The van der Waals surface area contributed by atoms with Gasteiger partial charge >= 0.3 is 0 Å². The van der Waals surface area contributed by atoms with Crippen LogP contribution in [0.4, 0.5) is 5.82 Å². The van der Waals surface area contributed by atoms with Crippen molar-refractivity contribution in [3.05, 3.63) is 70.9 Å². The average molecular weight is 493 g/mol. The maximum Gasteiger partial charge on any atom is 0.256 e. The van der Waals surface area contributed by atoms with E-state index in [1.807, 2.05) is 36.4 Å². The van der Waals surface area contributed by atoms with Gasteiger partial charge in [0.2, 0.25) is 0 Å². The molecule has 3 aromatic rings. The van der Waals surface area contributed by atoms with E-state index in [-0.39, 0.29) is 5.91 Å². The molecule has 1 saturated heterocycles. The minimum absolute atomic E-state index is 0.161. The van der Waals surface area contributed by atoms with E-state index in [0.717, 1.165) is 74.7 Å². The van der Waals surface area contributed by atoms with Gasteiger partial charge in [-0.05, 0) is 80.1 Å². The average Bonchev–Trinajstić information content (AvgIpc) is 3.38. The minimum atomic E-state index is -0.161. The van der Waals surface area contributed by atoms with Gasteiger partial charge in [0.05, 0.1) is 20.8 Å². The molecule has 192 valence electrons. The molecule has 0 bridgehead atoms. The molecule has 2 aromatic carbocycles. The van der Waals surface area contributed by atoms with Gasteiger partial charge in [-0.15, -0.1) is 0 Å². The maximum atomic E-state index is 12.8. The summed E-state index contributed by atoms with van der Waals surface area (Å²) in [7, 11) is 5.03. The first-order chi connectivity index (χ1) is 17.6. The fraction of sp³-hybridized carbons (Fsp3) is 0.429. The third-order valence-corrected chi connectivity index (χ3v) is 6.81. The Morgan fingerprint density at radius 3 is 2.33 bits per heavy atom. The van der Waals surface area contributed by atoms with E-state index in [4.69, 9.17) is 14.2 Å². The molecular weight excluding hydrogens is 456 g/mol. The maximum absolute atomic E-state index is 12.8. The highest BCUT2D eigenvalue weighted by Gasteiger charge is 2.20. The summed E-state index contributed by atoms with van der Waals surface area (Å²) < 4.78 is 15.9. The first-order valence-electron chi connectivity index (χ1n) is 12.5. The third kappa shape index (κ3) is 6.86. The van der Waals surface area contributed by atoms with Crippen LogP contribution < -0.4 is 14.8 Å². The molecule has 1 amide bonds. The number of aromatic nitrogens is 2. The van der Waals surface area contributed by atoms with Gasteiger partial charge in [0.25, 0.3) is 5.91 Å². The van der Waals surface area contributed by atoms with Gasteiger partial charge in [-0.1, -0.05) is 12.1 Å². The highest BCUT2D eigenvalue weighted by Crippen LogP contribution is 2.28. The number of rotatable bonds is 11. The molecule has 1 aliphatic heterocycles. The van der Waals surface area contributed by atoms with E-state index in [1.165, 1.54) is 5.56 Å². The topological polar surface area (TPSA) is 88.7 Å². The van der Waals surface area contributed by atoms with Crippen molar-refractivity contribution in [1.29, 1.82) is 0 Å². The number of amides is 1. The lowest BCUT2D eigenvalue weighted by molar-refractivity contribution is 0.102. The Bertz CT molecular complexity index is 1100. The first-order valence-corrected chi connectivity index (χ1v) is 12.5. The van der Waals surface area contributed by atoms with E-state index >= 15 is 0 Å². The summed E-state index contributed by atoms with van der Waals surface area (Å²) in [4.78, 5) is 15.2. The van der Waals surface area contributed by atoms with Crippen LogP contribution in [-0.2, 0) is 17.6 Å². The summed E-state index contributed by atoms with van der Waals surface area (Å²) in [5, 5.41) is 10.2. The van der Waals surface area contributed by atoms with Crippen molar-refractivity contribution in [2.45, 2.75) is 31.6 Å². The number of aryl methyl sites for hydroxylation is 2. The first kappa shape index (κ1) is 25.7. The van der Waals surface area contributed by atoms with Crippen molar-refractivity contribution in [3.63, 3.8) is 0 Å². The summed E-state index contributed by atoms with van der Waals surface area (Å²) in [5.74, 6) is 2.43. The van der Waals surface area contributed by atoms with Gasteiger partial charge in [-0.25, -0.2) is 0 Å². The lowest BCUT2D eigenvalue weighted by Crippen LogP contribution is -2.35. The van der Waals surface area contributed by atoms with Crippen molar-refractivity contribution in [2.24, 2.45) is 0 Å². The second-order valence-electron chi connectivity index (χ2n) is 9.18. The molecule has 0 atom stereocenters. The van der Waals surface area contributed by atoms with Crippen LogP contribution in [0.5, 0.6) is 11.5 Å². The van der Waals surface area contributed by atoms with Crippen LogP contribution in [0.2, 0.25) is 0 Å². The number of anilines is 1. The number of nitrogens with zero attached hydrogens (tertiary/aromatic N) is 2. The molecule has 8 nitrogen and oxygen atoms in total. The molecule has 1 aromatic heterocycles. The molecule has 0 radical (unpaired) electrons. The van der Waals surface area contributed by atoms with Crippen LogP contribution in [0, 0.1) is 0 Å². The minimum Gasteiger partial charge on any atom is -0.497 e. The zero-order valence-corrected chi connectivity index (χ0v) is 21.4. The third-order valence-electron chi connectivity index (χ3n) is 6.81. The SMILES string of the molecule is COCCN1CCC(c2ccc(C(=O)Nc3cc(CCc4cc(OC)cc(OC)c4)[nH]n3)cc2)CC1. The number of benzene rings is 2. The van der Waals surface area contributed by atoms with Gasteiger partial charge in [0.15, 0.2) is 5.82 Å². The van der Waals surface area contributed by atoms with Gasteiger partial charge in [0.1, 0.15) is 11.5 Å². The summed E-state index contributed by atoms with van der Waals surface area (Å²) in [6, 6.07) is 15.7. The summed E-state index contributed by atoms with van der Waals surface area (Å²) in [6.07, 6.45) is 3.80. The van der Waals surface area contributed by atoms with Crippen molar-refractivity contribution < 1.29 is 19.0 Å². The van der Waals surface area contributed by atoms with Gasteiger partial charge in [0, 0.05) is 37.0 Å². The molecule has 0 unspecified atom stereocenters. The fourth-order valence-electron chi connectivity index (χ4n) is 4.65. The Labute approximate surface area is 212 Å². The molecule has 1 aliphatic rings. The predicted octanol–water partition coefficient (Wildman–Crippen LogP) is 4.29.